The number of ketones is 1. The lowest BCUT2D eigenvalue weighted by Crippen LogP contribution is -2.49. The maximum Gasteiger partial charge on any atom is 0.222 e. The number of benzene rings is 1. The second-order valence-electron chi connectivity index (χ2n) is 8.59. The molecule has 1 fully saturated rings. The first kappa shape index (κ1) is 22.2. The minimum atomic E-state index is -0.0260. The lowest BCUT2D eigenvalue weighted by atomic mass is 9.67. The van der Waals surface area contributed by atoms with Crippen LogP contribution in [-0.4, -0.2) is 48.7 Å². The Morgan fingerprint density at radius 3 is 2.68 bits per heavy atom. The van der Waals surface area contributed by atoms with Crippen molar-refractivity contribution in [2.75, 3.05) is 27.2 Å². The normalized spacial score (nSPS) is 22.5. The molecule has 2 unspecified atom stereocenters. The highest BCUT2D eigenvalue weighted by atomic mass is 16.2. The first-order chi connectivity index (χ1) is 13.3. The van der Waals surface area contributed by atoms with Crippen LogP contribution in [0.25, 0.3) is 0 Å². The van der Waals surface area contributed by atoms with E-state index in [2.05, 4.69) is 26.8 Å². The van der Waals surface area contributed by atoms with E-state index in [1.165, 1.54) is 5.56 Å². The summed E-state index contributed by atoms with van der Waals surface area (Å²) >= 11 is 0. The fourth-order valence-electron chi connectivity index (χ4n) is 3.92. The van der Waals surface area contributed by atoms with Crippen molar-refractivity contribution >= 4 is 11.7 Å². The smallest absolute Gasteiger partial charge is 0.222 e. The van der Waals surface area contributed by atoms with Gasteiger partial charge in [-0.1, -0.05) is 51.8 Å². The summed E-state index contributed by atoms with van der Waals surface area (Å²) in [5.41, 5.74) is 1.89. The molecule has 1 heterocycles. The van der Waals surface area contributed by atoms with Crippen LogP contribution in [-0.2, 0) is 10.2 Å². The Balaban J connectivity index is 2.10. The number of piperidine rings is 1. The molecule has 1 aliphatic rings. The zero-order valence-electron chi connectivity index (χ0n) is 18.2. The number of allylic oxidation sites excluding steroid dienone is 1. The zero-order valence-corrected chi connectivity index (χ0v) is 18.2. The van der Waals surface area contributed by atoms with Gasteiger partial charge in [0.2, 0.25) is 5.91 Å². The maximum absolute atomic E-state index is 12.5. The molecular weight excluding hydrogens is 348 g/mol. The molecule has 1 amide bonds. The van der Waals surface area contributed by atoms with E-state index in [0.717, 1.165) is 44.3 Å². The van der Waals surface area contributed by atoms with Crippen molar-refractivity contribution in [3.8, 4) is 0 Å². The lowest BCUT2D eigenvalue weighted by molar-refractivity contribution is -0.134. The molecule has 2 atom stereocenters. The van der Waals surface area contributed by atoms with E-state index in [1.54, 1.807) is 12.3 Å². The summed E-state index contributed by atoms with van der Waals surface area (Å²) in [5.74, 6) is 0.662. The molecule has 1 aromatic carbocycles. The molecule has 28 heavy (non-hydrogen) atoms. The fraction of sp³-hybridized carbons (Fsp3) is 0.583. The summed E-state index contributed by atoms with van der Waals surface area (Å²) in [6, 6.07) is 8.03. The largest absolute Gasteiger partial charge is 0.383 e. The number of hydrogen-bond acceptors (Lipinski definition) is 3. The fourth-order valence-corrected chi connectivity index (χ4v) is 3.92. The van der Waals surface area contributed by atoms with Crippen LogP contribution in [0.4, 0.5) is 0 Å². The third-order valence-corrected chi connectivity index (χ3v) is 6.16. The zero-order chi connectivity index (χ0) is 20.7. The predicted octanol–water partition coefficient (Wildman–Crippen LogP) is 4.65. The number of hydrogen-bond donors (Lipinski definition) is 0. The Hall–Kier alpha value is -2.10. The Morgan fingerprint density at radius 1 is 1.29 bits per heavy atom. The van der Waals surface area contributed by atoms with E-state index in [-0.39, 0.29) is 11.2 Å². The third kappa shape index (κ3) is 5.46. The van der Waals surface area contributed by atoms with E-state index in [1.807, 2.05) is 42.1 Å². The second-order valence-corrected chi connectivity index (χ2v) is 8.59. The van der Waals surface area contributed by atoms with Gasteiger partial charge in [0.05, 0.1) is 0 Å². The quantitative estimate of drug-likeness (QED) is 0.372. The van der Waals surface area contributed by atoms with Crippen LogP contribution < -0.4 is 0 Å². The van der Waals surface area contributed by atoms with Gasteiger partial charge in [-0.2, -0.15) is 0 Å². The van der Waals surface area contributed by atoms with Gasteiger partial charge in [0.25, 0.3) is 0 Å². The Kier molecular flexibility index (Phi) is 7.85. The summed E-state index contributed by atoms with van der Waals surface area (Å²) in [6.45, 7) is 8.25. The van der Waals surface area contributed by atoms with Gasteiger partial charge in [-0.3, -0.25) is 9.59 Å². The lowest BCUT2D eigenvalue weighted by Gasteiger charge is -2.45. The van der Waals surface area contributed by atoms with Gasteiger partial charge in [-0.05, 0) is 35.8 Å². The number of unbranched alkanes of at least 4 members (excludes halogenated alkanes) is 2. The highest BCUT2D eigenvalue weighted by Crippen LogP contribution is 2.39. The van der Waals surface area contributed by atoms with Crippen LogP contribution in [0.5, 0.6) is 0 Å². The predicted molar refractivity (Wildman–Crippen MR) is 115 cm³/mol. The Morgan fingerprint density at radius 2 is 2.04 bits per heavy atom. The van der Waals surface area contributed by atoms with E-state index in [9.17, 15) is 9.59 Å². The molecular formula is C24H36N2O2. The number of rotatable bonds is 8. The minimum absolute atomic E-state index is 0.0235. The van der Waals surface area contributed by atoms with Gasteiger partial charge in [0.15, 0.2) is 5.78 Å². The topological polar surface area (TPSA) is 40.6 Å². The summed E-state index contributed by atoms with van der Waals surface area (Å²) in [6.07, 6.45) is 8.24. The van der Waals surface area contributed by atoms with Gasteiger partial charge in [-0.15, -0.1) is 0 Å². The first-order valence-corrected chi connectivity index (χ1v) is 10.5. The second kappa shape index (κ2) is 9.90. The molecule has 0 spiro atoms. The maximum atomic E-state index is 12.5. The van der Waals surface area contributed by atoms with Crippen LogP contribution >= 0.6 is 0 Å². The number of carbonyl (C=O) groups is 2. The molecule has 4 nitrogen and oxygen atoms in total. The molecule has 2 rings (SSSR count). The molecule has 0 radical (unpaired) electrons. The van der Waals surface area contributed by atoms with Gasteiger partial charge < -0.3 is 9.80 Å². The van der Waals surface area contributed by atoms with Crippen molar-refractivity contribution < 1.29 is 9.59 Å². The van der Waals surface area contributed by atoms with Crippen molar-refractivity contribution in [3.05, 3.63) is 47.7 Å². The first-order valence-electron chi connectivity index (χ1n) is 10.5. The summed E-state index contributed by atoms with van der Waals surface area (Å²) in [7, 11) is 3.81. The molecule has 154 valence electrons. The van der Waals surface area contributed by atoms with Crippen molar-refractivity contribution in [2.45, 2.75) is 58.3 Å². The van der Waals surface area contributed by atoms with Gasteiger partial charge in [0.1, 0.15) is 0 Å². The monoisotopic (exact) mass is 384 g/mol. The molecule has 4 heteroatoms. The molecule has 0 aromatic heterocycles. The number of likely N-dealkylation sites (tertiary alicyclic amines) is 1. The van der Waals surface area contributed by atoms with Gasteiger partial charge in [0, 0.05) is 51.4 Å². The van der Waals surface area contributed by atoms with Crippen LogP contribution in [0.2, 0.25) is 0 Å². The average Bonchev–Trinajstić information content (AvgIpc) is 2.68. The number of amides is 1. The SMILES string of the molecule is CCCCCC(=O)N1CCC(C)(c2cccc(C(=O)C=CN(C)C)c2)C(C)C1. The molecule has 0 aliphatic carbocycles. The van der Waals surface area contributed by atoms with Gasteiger partial charge >= 0.3 is 0 Å². The minimum Gasteiger partial charge on any atom is -0.383 e. The average molecular weight is 385 g/mol. The van der Waals surface area contributed by atoms with Crippen LogP contribution in [0.3, 0.4) is 0 Å². The van der Waals surface area contributed by atoms with Crippen LogP contribution in [0.15, 0.2) is 36.5 Å². The van der Waals surface area contributed by atoms with Crippen molar-refractivity contribution in [1.29, 1.82) is 0 Å². The van der Waals surface area contributed by atoms with Crippen molar-refractivity contribution in [2.24, 2.45) is 5.92 Å². The van der Waals surface area contributed by atoms with E-state index in [0.29, 0.717) is 18.2 Å². The van der Waals surface area contributed by atoms with Gasteiger partial charge in [-0.25, -0.2) is 0 Å². The van der Waals surface area contributed by atoms with Crippen molar-refractivity contribution in [3.63, 3.8) is 0 Å². The van der Waals surface area contributed by atoms with E-state index < -0.39 is 0 Å². The standard InChI is InChI=1S/C24H36N2O2/c1-6-7-8-12-23(28)26-16-14-24(3,19(2)18-26)21-11-9-10-20(17-21)22(27)13-15-25(4)5/h9-11,13,15,17,19H,6-8,12,14,16,18H2,1-5H3. The number of carbonyl (C=O) groups excluding carboxylic acids is 2. The molecule has 1 aliphatic heterocycles. The summed E-state index contributed by atoms with van der Waals surface area (Å²) in [5, 5.41) is 0. The van der Waals surface area contributed by atoms with Crippen LogP contribution in [0.1, 0.15) is 68.8 Å². The molecule has 1 aromatic rings. The van der Waals surface area contributed by atoms with E-state index in [4.69, 9.17) is 0 Å². The summed E-state index contributed by atoms with van der Waals surface area (Å²) < 4.78 is 0. The summed E-state index contributed by atoms with van der Waals surface area (Å²) in [4.78, 5) is 28.9. The highest BCUT2D eigenvalue weighted by Gasteiger charge is 2.39. The van der Waals surface area contributed by atoms with Crippen LogP contribution in [0, 0.1) is 5.92 Å². The molecule has 1 saturated heterocycles. The molecule has 0 saturated carbocycles. The number of nitrogens with zero attached hydrogens (tertiary/aromatic N) is 2. The van der Waals surface area contributed by atoms with E-state index >= 15 is 0 Å². The molecule has 0 bridgehead atoms. The Bertz CT molecular complexity index is 710. The Labute approximate surface area is 170 Å². The highest BCUT2D eigenvalue weighted by molar-refractivity contribution is 6.04. The van der Waals surface area contributed by atoms with Crippen molar-refractivity contribution in [1.82, 2.24) is 9.80 Å². The third-order valence-electron chi connectivity index (χ3n) is 6.16. The molecule has 0 N–H and O–H groups in total.